The molecule has 3 rings (SSSR count). The molecule has 10 heteroatoms. The molecular formula is C15H14N4O4S2. The zero-order chi connectivity index (χ0) is 18.2. The second-order valence-electron chi connectivity index (χ2n) is 5.30. The minimum absolute atomic E-state index is 0.0705. The van der Waals surface area contributed by atoms with Crippen molar-refractivity contribution in [1.29, 1.82) is 0 Å². The van der Waals surface area contributed by atoms with E-state index in [0.29, 0.717) is 5.69 Å². The summed E-state index contributed by atoms with van der Waals surface area (Å²) >= 11 is 1.44. The third kappa shape index (κ3) is 3.54. The zero-order valence-corrected chi connectivity index (χ0v) is 14.9. The van der Waals surface area contributed by atoms with Crippen LogP contribution in [0, 0.1) is 6.92 Å². The highest BCUT2D eigenvalue weighted by Gasteiger charge is 2.16. The molecule has 0 spiro atoms. The molecule has 2 aromatic heterocycles. The first kappa shape index (κ1) is 17.1. The number of amides is 2. The van der Waals surface area contributed by atoms with Crippen LogP contribution < -0.4 is 10.0 Å². The number of benzene rings is 1. The molecule has 2 heterocycles. The number of carbonyl (C=O) groups is 2. The molecule has 8 nitrogen and oxygen atoms in total. The number of nitrogens with one attached hydrogen (secondary N) is 2. The van der Waals surface area contributed by atoms with Crippen molar-refractivity contribution < 1.29 is 18.0 Å². The van der Waals surface area contributed by atoms with Crippen molar-refractivity contribution in [3.05, 3.63) is 47.2 Å². The van der Waals surface area contributed by atoms with Crippen molar-refractivity contribution in [3.63, 3.8) is 0 Å². The summed E-state index contributed by atoms with van der Waals surface area (Å²) in [5.41, 5.74) is 1.67. The summed E-state index contributed by atoms with van der Waals surface area (Å²) in [6.07, 6.45) is 1.64. The van der Waals surface area contributed by atoms with E-state index < -0.39 is 21.8 Å². The fraction of sp³-hybridized carbons (Fsp3) is 0.133. The van der Waals surface area contributed by atoms with Crippen LogP contribution >= 0.6 is 11.3 Å². The maximum Gasteiger partial charge on any atom is 0.275 e. The zero-order valence-electron chi connectivity index (χ0n) is 13.3. The van der Waals surface area contributed by atoms with E-state index in [1.807, 2.05) is 21.4 Å². The monoisotopic (exact) mass is 378 g/mol. The minimum Gasteiger partial charge on any atom is -0.321 e. The van der Waals surface area contributed by atoms with E-state index in [-0.39, 0.29) is 10.6 Å². The van der Waals surface area contributed by atoms with Gasteiger partial charge in [0, 0.05) is 29.9 Å². The molecule has 0 fully saturated rings. The molecule has 25 heavy (non-hydrogen) atoms. The van der Waals surface area contributed by atoms with Gasteiger partial charge in [-0.25, -0.2) is 18.1 Å². The molecule has 0 saturated heterocycles. The summed E-state index contributed by atoms with van der Waals surface area (Å²) in [4.78, 5) is 28.1. The van der Waals surface area contributed by atoms with Crippen LogP contribution in [-0.4, -0.2) is 29.6 Å². The van der Waals surface area contributed by atoms with Gasteiger partial charge in [0.15, 0.2) is 4.96 Å². The molecule has 0 aliphatic heterocycles. The Morgan fingerprint density at radius 1 is 1.20 bits per heavy atom. The van der Waals surface area contributed by atoms with Crippen LogP contribution in [0.5, 0.6) is 0 Å². The second-order valence-corrected chi connectivity index (χ2v) is 7.81. The Kier molecular flexibility index (Phi) is 4.31. The van der Waals surface area contributed by atoms with Crippen molar-refractivity contribution in [3.8, 4) is 0 Å². The highest BCUT2D eigenvalue weighted by atomic mass is 32.2. The first-order valence-corrected chi connectivity index (χ1v) is 9.50. The maximum atomic E-state index is 12.3. The molecule has 0 atom stereocenters. The predicted octanol–water partition coefficient (Wildman–Crippen LogP) is 1.78. The van der Waals surface area contributed by atoms with Gasteiger partial charge in [-0.2, -0.15) is 0 Å². The standard InChI is InChI=1S/C15H14N4O4S2/c1-9-8-24-15-17-13(7-19(9)15)14(21)16-11-3-5-12(6-4-11)25(22,23)18-10(2)20/h3-8H,1-2H3,(H,16,21)(H,18,20). The Bertz CT molecular complexity index is 1060. The van der Waals surface area contributed by atoms with Crippen molar-refractivity contribution in [1.82, 2.24) is 14.1 Å². The van der Waals surface area contributed by atoms with Crippen LogP contribution in [-0.2, 0) is 14.8 Å². The van der Waals surface area contributed by atoms with E-state index >= 15 is 0 Å². The van der Waals surface area contributed by atoms with Crippen LogP contribution in [0.2, 0.25) is 0 Å². The Labute approximate surface area is 147 Å². The molecule has 0 bridgehead atoms. The summed E-state index contributed by atoms with van der Waals surface area (Å²) in [6.45, 7) is 3.03. The highest BCUT2D eigenvalue weighted by molar-refractivity contribution is 7.90. The van der Waals surface area contributed by atoms with Crippen LogP contribution in [0.4, 0.5) is 5.69 Å². The number of imidazole rings is 1. The fourth-order valence-corrected chi connectivity index (χ4v) is 4.01. The smallest absolute Gasteiger partial charge is 0.275 e. The second kappa shape index (κ2) is 6.30. The lowest BCUT2D eigenvalue weighted by Crippen LogP contribution is -2.28. The third-order valence-corrected chi connectivity index (χ3v) is 5.73. The van der Waals surface area contributed by atoms with Gasteiger partial charge in [0.1, 0.15) is 5.69 Å². The van der Waals surface area contributed by atoms with E-state index in [9.17, 15) is 18.0 Å². The molecule has 0 unspecified atom stereocenters. The number of hydrogen-bond acceptors (Lipinski definition) is 6. The Hall–Kier alpha value is -2.72. The molecule has 130 valence electrons. The SMILES string of the molecule is CC(=O)NS(=O)(=O)c1ccc(NC(=O)c2cn3c(C)csc3n2)cc1. The van der Waals surface area contributed by atoms with Gasteiger partial charge < -0.3 is 5.32 Å². The van der Waals surface area contributed by atoms with Crippen LogP contribution in [0.3, 0.4) is 0 Å². The number of thiazole rings is 1. The molecule has 1 aromatic carbocycles. The molecule has 0 radical (unpaired) electrons. The third-order valence-electron chi connectivity index (χ3n) is 3.32. The van der Waals surface area contributed by atoms with Gasteiger partial charge in [-0.1, -0.05) is 0 Å². The number of sulfonamides is 1. The summed E-state index contributed by atoms with van der Waals surface area (Å²) in [5.74, 6) is -1.07. The average molecular weight is 378 g/mol. The van der Waals surface area contributed by atoms with Gasteiger partial charge in [0.2, 0.25) is 5.91 Å². The largest absolute Gasteiger partial charge is 0.321 e. The van der Waals surface area contributed by atoms with E-state index in [2.05, 4.69) is 10.3 Å². The molecule has 0 aliphatic carbocycles. The van der Waals surface area contributed by atoms with Gasteiger partial charge in [-0.05, 0) is 31.2 Å². The number of anilines is 1. The average Bonchev–Trinajstić information content (AvgIpc) is 3.09. The van der Waals surface area contributed by atoms with Crippen LogP contribution in [0.1, 0.15) is 23.1 Å². The number of aromatic nitrogens is 2. The van der Waals surface area contributed by atoms with E-state index in [0.717, 1.165) is 17.6 Å². The number of nitrogens with zero attached hydrogens (tertiary/aromatic N) is 2. The first-order chi connectivity index (χ1) is 11.8. The topological polar surface area (TPSA) is 110 Å². The molecule has 3 aromatic rings. The predicted molar refractivity (Wildman–Crippen MR) is 93.2 cm³/mol. The molecule has 2 amide bonds. The number of carbonyl (C=O) groups excluding carboxylic acids is 2. The van der Waals surface area contributed by atoms with Gasteiger partial charge in [0.05, 0.1) is 4.90 Å². The lowest BCUT2D eigenvalue weighted by Gasteiger charge is -2.06. The fourth-order valence-electron chi connectivity index (χ4n) is 2.16. The highest BCUT2D eigenvalue weighted by Crippen LogP contribution is 2.18. The van der Waals surface area contributed by atoms with Gasteiger partial charge in [-0.3, -0.25) is 14.0 Å². The summed E-state index contributed by atoms with van der Waals surface area (Å²) in [6, 6.07) is 5.49. The van der Waals surface area contributed by atoms with E-state index in [1.165, 1.54) is 35.6 Å². The molecule has 2 N–H and O–H groups in total. The lowest BCUT2D eigenvalue weighted by molar-refractivity contribution is -0.117. The van der Waals surface area contributed by atoms with Crippen LogP contribution in [0.25, 0.3) is 4.96 Å². The molecule has 0 aliphatic rings. The molecule has 0 saturated carbocycles. The Morgan fingerprint density at radius 2 is 1.88 bits per heavy atom. The summed E-state index contributed by atoms with van der Waals surface area (Å²) < 4.78 is 27.4. The maximum absolute atomic E-state index is 12.3. The van der Waals surface area contributed by atoms with Crippen LogP contribution in [0.15, 0.2) is 40.7 Å². The minimum atomic E-state index is -3.90. The Morgan fingerprint density at radius 3 is 2.48 bits per heavy atom. The number of fused-ring (bicyclic) bond motifs is 1. The first-order valence-electron chi connectivity index (χ1n) is 7.14. The molecular weight excluding hydrogens is 364 g/mol. The van der Waals surface area contributed by atoms with Crippen molar-refractivity contribution >= 4 is 43.8 Å². The summed E-state index contributed by atoms with van der Waals surface area (Å²) in [7, 11) is -3.90. The van der Waals surface area contributed by atoms with E-state index in [4.69, 9.17) is 0 Å². The number of rotatable bonds is 4. The Balaban J connectivity index is 1.76. The van der Waals surface area contributed by atoms with Gasteiger partial charge >= 0.3 is 0 Å². The van der Waals surface area contributed by atoms with E-state index in [1.54, 1.807) is 6.20 Å². The quantitative estimate of drug-likeness (QED) is 0.719. The van der Waals surface area contributed by atoms with Crippen molar-refractivity contribution in [2.45, 2.75) is 18.7 Å². The van der Waals surface area contributed by atoms with Crippen molar-refractivity contribution in [2.24, 2.45) is 0 Å². The van der Waals surface area contributed by atoms with Gasteiger partial charge in [-0.15, -0.1) is 11.3 Å². The number of aryl methyl sites for hydroxylation is 1. The summed E-state index contributed by atoms with van der Waals surface area (Å²) in [5, 5.41) is 4.60. The van der Waals surface area contributed by atoms with Gasteiger partial charge in [0.25, 0.3) is 15.9 Å². The normalized spacial score (nSPS) is 11.4. The lowest BCUT2D eigenvalue weighted by atomic mass is 10.3. The number of hydrogen-bond donors (Lipinski definition) is 2. The van der Waals surface area contributed by atoms with Crippen molar-refractivity contribution in [2.75, 3.05) is 5.32 Å².